The summed E-state index contributed by atoms with van der Waals surface area (Å²) in [5.74, 6) is 1.87. The van der Waals surface area contributed by atoms with Crippen LogP contribution in [0, 0.1) is 5.41 Å². The fourth-order valence-electron chi connectivity index (χ4n) is 1.95. The van der Waals surface area contributed by atoms with Crippen LogP contribution >= 0.6 is 0 Å². The van der Waals surface area contributed by atoms with Crippen LogP contribution in [0.3, 0.4) is 0 Å². The minimum Gasteiger partial charge on any atom is -0.493 e. The average Bonchev–Trinajstić information content (AvgIpc) is 2.50. The second-order valence-corrected chi connectivity index (χ2v) is 5.88. The molecule has 0 aliphatic carbocycles. The van der Waals surface area contributed by atoms with E-state index < -0.39 is 0 Å². The Bertz CT molecular complexity index is 435. The first-order chi connectivity index (χ1) is 9.88. The lowest BCUT2D eigenvalue weighted by molar-refractivity contribution is 0.154. The van der Waals surface area contributed by atoms with E-state index in [9.17, 15) is 5.11 Å². The van der Waals surface area contributed by atoms with Crippen LogP contribution in [-0.2, 0) is 0 Å². The first-order valence-corrected chi connectivity index (χ1v) is 7.02. The van der Waals surface area contributed by atoms with E-state index in [1.165, 1.54) is 0 Å². The van der Waals surface area contributed by atoms with Crippen LogP contribution in [0.15, 0.2) is 12.1 Å². The molecule has 1 atom stereocenters. The van der Waals surface area contributed by atoms with Crippen LogP contribution < -0.4 is 19.5 Å². The van der Waals surface area contributed by atoms with Crippen LogP contribution in [0.25, 0.3) is 0 Å². The number of nitrogens with one attached hydrogen (secondary N) is 1. The van der Waals surface area contributed by atoms with Gasteiger partial charge in [-0.25, -0.2) is 0 Å². The summed E-state index contributed by atoms with van der Waals surface area (Å²) in [7, 11) is 4.80. The van der Waals surface area contributed by atoms with E-state index in [1.54, 1.807) is 21.3 Å². The van der Waals surface area contributed by atoms with Crippen molar-refractivity contribution in [2.45, 2.75) is 26.8 Å². The summed E-state index contributed by atoms with van der Waals surface area (Å²) in [6, 6.07) is 3.97. The second-order valence-electron chi connectivity index (χ2n) is 5.88. The van der Waals surface area contributed by atoms with Crippen molar-refractivity contribution in [2.24, 2.45) is 5.41 Å². The summed E-state index contributed by atoms with van der Waals surface area (Å²) in [4.78, 5) is 0. The number of benzene rings is 1. The molecule has 21 heavy (non-hydrogen) atoms. The first kappa shape index (κ1) is 17.6. The molecule has 0 spiro atoms. The zero-order valence-electron chi connectivity index (χ0n) is 13.8. The molecule has 0 amide bonds. The summed E-state index contributed by atoms with van der Waals surface area (Å²) in [5.41, 5.74) is 0.882. The Morgan fingerprint density at radius 2 is 1.62 bits per heavy atom. The molecule has 2 N–H and O–H groups in total. The lowest BCUT2D eigenvalue weighted by Gasteiger charge is -2.25. The lowest BCUT2D eigenvalue weighted by atomic mass is 9.94. The topological polar surface area (TPSA) is 60.0 Å². The molecule has 0 fully saturated rings. The molecule has 120 valence electrons. The second kappa shape index (κ2) is 7.52. The summed E-state index contributed by atoms with van der Waals surface area (Å²) in [6.07, 6.45) is 0. The van der Waals surface area contributed by atoms with Gasteiger partial charge in [-0.1, -0.05) is 13.8 Å². The Balaban J connectivity index is 2.97. The minimum atomic E-state index is -0.158. The summed E-state index contributed by atoms with van der Waals surface area (Å²) < 4.78 is 16.0. The summed E-state index contributed by atoms with van der Waals surface area (Å²) >= 11 is 0. The third-order valence-corrected chi connectivity index (χ3v) is 3.50. The highest BCUT2D eigenvalue weighted by atomic mass is 16.5. The van der Waals surface area contributed by atoms with Crippen LogP contribution in [0.2, 0.25) is 0 Å². The molecule has 0 aromatic heterocycles. The molecule has 0 aliphatic heterocycles. The Labute approximate surface area is 127 Å². The summed E-state index contributed by atoms with van der Waals surface area (Å²) in [6.45, 7) is 6.95. The molecule has 0 heterocycles. The molecule has 0 saturated carbocycles. The Hall–Kier alpha value is -1.46. The monoisotopic (exact) mass is 297 g/mol. The first-order valence-electron chi connectivity index (χ1n) is 7.02. The zero-order chi connectivity index (χ0) is 16.0. The number of aliphatic hydroxyl groups is 1. The van der Waals surface area contributed by atoms with Crippen molar-refractivity contribution < 1.29 is 19.3 Å². The lowest BCUT2D eigenvalue weighted by Crippen LogP contribution is -2.33. The molecular weight excluding hydrogens is 270 g/mol. The fourth-order valence-corrected chi connectivity index (χ4v) is 1.95. The van der Waals surface area contributed by atoms with Crippen molar-refractivity contribution in [1.82, 2.24) is 5.32 Å². The predicted molar refractivity (Wildman–Crippen MR) is 83.4 cm³/mol. The van der Waals surface area contributed by atoms with Gasteiger partial charge >= 0.3 is 0 Å². The van der Waals surface area contributed by atoms with Crippen molar-refractivity contribution in [3.63, 3.8) is 0 Å². The van der Waals surface area contributed by atoms with Gasteiger partial charge in [0.1, 0.15) is 0 Å². The maximum Gasteiger partial charge on any atom is 0.203 e. The van der Waals surface area contributed by atoms with Crippen molar-refractivity contribution in [3.8, 4) is 17.2 Å². The van der Waals surface area contributed by atoms with Crippen molar-refractivity contribution in [3.05, 3.63) is 17.7 Å². The molecule has 0 radical (unpaired) electrons. The van der Waals surface area contributed by atoms with Gasteiger partial charge in [0.15, 0.2) is 11.5 Å². The smallest absolute Gasteiger partial charge is 0.203 e. The molecular formula is C16H27NO4. The number of methoxy groups -OCH3 is 3. The average molecular weight is 297 g/mol. The standard InChI is InChI=1S/C16H27NO4/c1-11(17-9-16(2,3)10-18)12-7-13(19-4)15(21-6)14(8-12)20-5/h7-8,11,17-18H,9-10H2,1-6H3. The highest BCUT2D eigenvalue weighted by molar-refractivity contribution is 5.54. The van der Waals surface area contributed by atoms with Crippen LogP contribution in [0.1, 0.15) is 32.4 Å². The van der Waals surface area contributed by atoms with Gasteiger partial charge in [0.05, 0.1) is 21.3 Å². The molecule has 1 aromatic rings. The Morgan fingerprint density at radius 1 is 1.10 bits per heavy atom. The Kier molecular flexibility index (Phi) is 6.30. The molecule has 5 nitrogen and oxygen atoms in total. The minimum absolute atomic E-state index is 0.101. The molecule has 5 heteroatoms. The van der Waals surface area contributed by atoms with Crippen LogP contribution in [-0.4, -0.2) is 39.6 Å². The quantitative estimate of drug-likeness (QED) is 0.771. The van der Waals surface area contributed by atoms with Crippen molar-refractivity contribution >= 4 is 0 Å². The predicted octanol–water partition coefficient (Wildman–Crippen LogP) is 2.38. The number of ether oxygens (including phenoxy) is 3. The van der Waals surface area contributed by atoms with E-state index in [0.717, 1.165) is 5.56 Å². The number of hydrogen-bond acceptors (Lipinski definition) is 5. The third-order valence-electron chi connectivity index (χ3n) is 3.50. The normalized spacial score (nSPS) is 12.9. The largest absolute Gasteiger partial charge is 0.493 e. The maximum absolute atomic E-state index is 9.31. The van der Waals surface area contributed by atoms with Gasteiger partial charge in [0.2, 0.25) is 5.75 Å². The van der Waals surface area contributed by atoms with E-state index >= 15 is 0 Å². The van der Waals surface area contributed by atoms with Crippen LogP contribution in [0.4, 0.5) is 0 Å². The fraction of sp³-hybridized carbons (Fsp3) is 0.625. The van der Waals surface area contributed by atoms with E-state index in [2.05, 4.69) is 12.2 Å². The van der Waals surface area contributed by atoms with E-state index in [4.69, 9.17) is 14.2 Å². The molecule has 1 unspecified atom stereocenters. The van der Waals surface area contributed by atoms with Gasteiger partial charge in [0, 0.05) is 24.6 Å². The van der Waals surface area contributed by atoms with Crippen LogP contribution in [0.5, 0.6) is 17.2 Å². The van der Waals surface area contributed by atoms with E-state index in [-0.39, 0.29) is 18.1 Å². The van der Waals surface area contributed by atoms with Gasteiger partial charge in [0.25, 0.3) is 0 Å². The Morgan fingerprint density at radius 3 is 2.00 bits per heavy atom. The maximum atomic E-state index is 9.31. The van der Waals surface area contributed by atoms with E-state index in [1.807, 2.05) is 26.0 Å². The van der Waals surface area contributed by atoms with Gasteiger partial charge in [-0.15, -0.1) is 0 Å². The molecule has 1 rings (SSSR count). The van der Waals surface area contributed by atoms with Gasteiger partial charge in [-0.05, 0) is 24.6 Å². The SMILES string of the molecule is COc1cc(C(C)NCC(C)(C)CO)cc(OC)c1OC. The third kappa shape index (κ3) is 4.51. The molecule has 0 aliphatic rings. The van der Waals surface area contributed by atoms with E-state index in [0.29, 0.717) is 23.8 Å². The highest BCUT2D eigenvalue weighted by Gasteiger charge is 2.20. The molecule has 1 aromatic carbocycles. The molecule has 0 bridgehead atoms. The number of rotatable bonds is 8. The summed E-state index contributed by atoms with van der Waals surface area (Å²) in [5, 5.41) is 12.7. The van der Waals surface area contributed by atoms with Gasteiger partial charge < -0.3 is 24.6 Å². The zero-order valence-corrected chi connectivity index (χ0v) is 13.8. The van der Waals surface area contributed by atoms with Crippen molar-refractivity contribution in [2.75, 3.05) is 34.5 Å². The van der Waals surface area contributed by atoms with Gasteiger partial charge in [-0.2, -0.15) is 0 Å². The molecule has 0 saturated heterocycles. The number of hydrogen-bond donors (Lipinski definition) is 2. The highest BCUT2D eigenvalue weighted by Crippen LogP contribution is 2.39. The van der Waals surface area contributed by atoms with Crippen molar-refractivity contribution in [1.29, 1.82) is 0 Å². The number of aliphatic hydroxyl groups excluding tert-OH is 1. The van der Waals surface area contributed by atoms with Gasteiger partial charge in [-0.3, -0.25) is 0 Å².